The number of hydrogen-bond donors (Lipinski definition) is 2. The van der Waals surface area contributed by atoms with E-state index in [0.29, 0.717) is 6.54 Å². The van der Waals surface area contributed by atoms with Crippen LogP contribution in [-0.2, 0) is 4.79 Å². The number of rotatable bonds is 4. The van der Waals surface area contributed by atoms with Gasteiger partial charge in [-0.1, -0.05) is 12.1 Å². The van der Waals surface area contributed by atoms with Gasteiger partial charge in [-0.25, -0.2) is 9.97 Å². The number of fused-ring (bicyclic) bond motifs is 1. The molecule has 1 aliphatic heterocycles. The number of carbonyl (C=O) groups is 1. The van der Waals surface area contributed by atoms with E-state index in [1.807, 2.05) is 19.1 Å². The van der Waals surface area contributed by atoms with Crippen molar-refractivity contribution in [3.8, 4) is 0 Å². The molecular formula is C20H24N5OS+. The van der Waals surface area contributed by atoms with Crippen LogP contribution in [0.2, 0.25) is 0 Å². The quantitative estimate of drug-likeness (QED) is 0.720. The Bertz CT molecular complexity index is 962. The zero-order valence-corrected chi connectivity index (χ0v) is 16.5. The Morgan fingerprint density at radius 1 is 1.22 bits per heavy atom. The number of carbonyl (C=O) groups excluding carboxylic acids is 1. The summed E-state index contributed by atoms with van der Waals surface area (Å²) in [6, 6.07) is 8.10. The molecular weight excluding hydrogens is 358 g/mol. The predicted molar refractivity (Wildman–Crippen MR) is 110 cm³/mol. The van der Waals surface area contributed by atoms with Gasteiger partial charge in [-0.05, 0) is 42.5 Å². The fourth-order valence-electron chi connectivity index (χ4n) is 3.55. The Kier molecular flexibility index (Phi) is 5.05. The van der Waals surface area contributed by atoms with Crippen LogP contribution in [0.1, 0.15) is 11.1 Å². The minimum atomic E-state index is 0.0782. The van der Waals surface area contributed by atoms with E-state index in [1.54, 1.807) is 17.7 Å². The number of piperazine rings is 1. The third kappa shape index (κ3) is 3.79. The molecule has 0 spiro atoms. The summed E-state index contributed by atoms with van der Waals surface area (Å²) in [6.07, 6.45) is 1.64. The highest BCUT2D eigenvalue weighted by atomic mass is 32.1. The average Bonchev–Trinajstić information content (AvgIpc) is 3.15. The Labute approximate surface area is 162 Å². The predicted octanol–water partition coefficient (Wildman–Crippen LogP) is 1.65. The Morgan fingerprint density at radius 2 is 2.04 bits per heavy atom. The van der Waals surface area contributed by atoms with E-state index >= 15 is 0 Å². The molecule has 0 unspecified atom stereocenters. The van der Waals surface area contributed by atoms with Crippen LogP contribution in [0, 0.1) is 13.8 Å². The fourth-order valence-corrected chi connectivity index (χ4v) is 4.28. The summed E-state index contributed by atoms with van der Waals surface area (Å²) in [4.78, 5) is 25.9. The molecule has 0 bridgehead atoms. The number of aryl methyl sites for hydroxylation is 1. The van der Waals surface area contributed by atoms with Gasteiger partial charge in [0.1, 0.15) is 17.0 Å². The lowest BCUT2D eigenvalue weighted by Gasteiger charge is -2.32. The Hall–Kier alpha value is -2.51. The lowest BCUT2D eigenvalue weighted by atomic mass is 10.1. The van der Waals surface area contributed by atoms with Crippen molar-refractivity contribution in [2.24, 2.45) is 0 Å². The van der Waals surface area contributed by atoms with Gasteiger partial charge in [0.2, 0.25) is 0 Å². The monoisotopic (exact) mass is 382 g/mol. The van der Waals surface area contributed by atoms with Crippen molar-refractivity contribution < 1.29 is 9.69 Å². The lowest BCUT2D eigenvalue weighted by Crippen LogP contribution is -3.15. The second-order valence-corrected chi connectivity index (χ2v) is 7.94. The number of hydrogen-bond acceptors (Lipinski definition) is 5. The van der Waals surface area contributed by atoms with Crippen molar-refractivity contribution in [3.63, 3.8) is 0 Å². The normalized spacial score (nSPS) is 15.3. The number of nitrogens with zero attached hydrogens (tertiary/aromatic N) is 3. The van der Waals surface area contributed by atoms with Crippen molar-refractivity contribution in [2.75, 3.05) is 42.9 Å². The highest BCUT2D eigenvalue weighted by Gasteiger charge is 2.24. The fraction of sp³-hybridized carbons (Fsp3) is 0.350. The third-order valence-corrected chi connectivity index (χ3v) is 6.12. The molecule has 0 atom stereocenters. The first-order valence-corrected chi connectivity index (χ1v) is 10.1. The number of nitrogens with one attached hydrogen (secondary N) is 2. The van der Waals surface area contributed by atoms with Gasteiger partial charge in [0.25, 0.3) is 5.91 Å². The van der Waals surface area contributed by atoms with Gasteiger partial charge < -0.3 is 15.1 Å². The molecule has 140 valence electrons. The number of aromatic nitrogens is 2. The SMILES string of the molecule is Cc1cccc(NC(=O)C[NH+]2CCN(c3ncnc4sccc34)CC2)c1C. The smallest absolute Gasteiger partial charge is 0.279 e. The van der Waals surface area contributed by atoms with Crippen molar-refractivity contribution >= 4 is 39.0 Å². The molecule has 7 heteroatoms. The second kappa shape index (κ2) is 7.62. The molecule has 0 saturated carbocycles. The summed E-state index contributed by atoms with van der Waals surface area (Å²) in [6.45, 7) is 8.25. The maximum atomic E-state index is 12.5. The molecule has 4 rings (SSSR count). The van der Waals surface area contributed by atoms with Gasteiger partial charge in [-0.2, -0.15) is 0 Å². The van der Waals surface area contributed by atoms with E-state index in [0.717, 1.165) is 53.5 Å². The average molecular weight is 383 g/mol. The molecule has 1 aliphatic rings. The number of quaternary nitrogens is 1. The van der Waals surface area contributed by atoms with Crippen molar-refractivity contribution in [1.29, 1.82) is 0 Å². The molecule has 2 N–H and O–H groups in total. The van der Waals surface area contributed by atoms with Gasteiger partial charge in [-0.15, -0.1) is 11.3 Å². The zero-order chi connectivity index (χ0) is 18.8. The molecule has 3 heterocycles. The van der Waals surface area contributed by atoms with Crippen LogP contribution in [0.4, 0.5) is 11.5 Å². The molecule has 1 amide bonds. The van der Waals surface area contributed by atoms with E-state index in [4.69, 9.17) is 0 Å². The summed E-state index contributed by atoms with van der Waals surface area (Å²) >= 11 is 1.64. The molecule has 1 aromatic carbocycles. The van der Waals surface area contributed by atoms with E-state index in [2.05, 4.69) is 44.6 Å². The van der Waals surface area contributed by atoms with E-state index < -0.39 is 0 Å². The number of amides is 1. The molecule has 0 aliphatic carbocycles. The standard InChI is InChI=1S/C20H23N5OS/c1-14-4-3-5-17(15(14)2)23-18(26)12-24-7-9-25(10-8-24)19-16-6-11-27-20(16)22-13-21-19/h3-6,11,13H,7-10,12H2,1-2H3,(H,23,26)/p+1. The molecule has 27 heavy (non-hydrogen) atoms. The molecule has 2 aromatic heterocycles. The summed E-state index contributed by atoms with van der Waals surface area (Å²) < 4.78 is 0. The lowest BCUT2D eigenvalue weighted by molar-refractivity contribution is -0.892. The molecule has 1 fully saturated rings. The number of benzene rings is 1. The van der Waals surface area contributed by atoms with Crippen LogP contribution in [0.3, 0.4) is 0 Å². The van der Waals surface area contributed by atoms with Gasteiger partial charge in [0.05, 0.1) is 31.6 Å². The number of anilines is 2. The van der Waals surface area contributed by atoms with Gasteiger partial charge >= 0.3 is 0 Å². The van der Waals surface area contributed by atoms with Crippen LogP contribution in [-0.4, -0.2) is 48.6 Å². The maximum Gasteiger partial charge on any atom is 0.279 e. The first kappa shape index (κ1) is 17.9. The Morgan fingerprint density at radius 3 is 2.85 bits per heavy atom. The summed E-state index contributed by atoms with van der Waals surface area (Å²) in [5.41, 5.74) is 3.24. The van der Waals surface area contributed by atoms with Crippen molar-refractivity contribution in [3.05, 3.63) is 47.1 Å². The summed E-state index contributed by atoms with van der Waals surface area (Å²) in [5, 5.41) is 6.25. The maximum absolute atomic E-state index is 12.5. The topological polar surface area (TPSA) is 62.6 Å². The van der Waals surface area contributed by atoms with E-state index in [1.165, 1.54) is 10.5 Å². The Balaban J connectivity index is 1.35. The van der Waals surface area contributed by atoms with Crippen LogP contribution in [0.25, 0.3) is 10.2 Å². The highest BCUT2D eigenvalue weighted by molar-refractivity contribution is 7.16. The molecule has 1 saturated heterocycles. The second-order valence-electron chi connectivity index (χ2n) is 7.05. The van der Waals surface area contributed by atoms with Gasteiger partial charge in [-0.3, -0.25) is 4.79 Å². The van der Waals surface area contributed by atoms with E-state index in [-0.39, 0.29) is 5.91 Å². The van der Waals surface area contributed by atoms with E-state index in [9.17, 15) is 4.79 Å². The minimum Gasteiger partial charge on any atom is -0.345 e. The minimum absolute atomic E-state index is 0.0782. The van der Waals surface area contributed by atoms with Gasteiger partial charge in [0.15, 0.2) is 6.54 Å². The highest BCUT2D eigenvalue weighted by Crippen LogP contribution is 2.26. The van der Waals surface area contributed by atoms with Crippen LogP contribution >= 0.6 is 11.3 Å². The zero-order valence-electron chi connectivity index (χ0n) is 15.7. The van der Waals surface area contributed by atoms with Crippen LogP contribution < -0.4 is 15.1 Å². The van der Waals surface area contributed by atoms with Crippen LogP contribution in [0.5, 0.6) is 0 Å². The first-order chi connectivity index (χ1) is 13.1. The number of thiophene rings is 1. The van der Waals surface area contributed by atoms with Crippen molar-refractivity contribution in [2.45, 2.75) is 13.8 Å². The first-order valence-electron chi connectivity index (χ1n) is 9.24. The van der Waals surface area contributed by atoms with Gasteiger partial charge in [0, 0.05) is 5.69 Å². The van der Waals surface area contributed by atoms with Crippen LogP contribution in [0.15, 0.2) is 36.0 Å². The molecule has 3 aromatic rings. The summed E-state index contributed by atoms with van der Waals surface area (Å²) in [7, 11) is 0. The molecule has 6 nitrogen and oxygen atoms in total. The molecule has 0 radical (unpaired) electrons. The largest absolute Gasteiger partial charge is 0.345 e. The van der Waals surface area contributed by atoms with Crippen molar-refractivity contribution in [1.82, 2.24) is 9.97 Å². The third-order valence-electron chi connectivity index (χ3n) is 5.30. The summed E-state index contributed by atoms with van der Waals surface area (Å²) in [5.74, 6) is 1.09.